The van der Waals surface area contributed by atoms with Gasteiger partial charge in [-0.2, -0.15) is 0 Å². The van der Waals surface area contributed by atoms with Gasteiger partial charge in [0.05, 0.1) is 23.7 Å². The van der Waals surface area contributed by atoms with Crippen LogP contribution in [0.4, 0.5) is 0 Å². The molecule has 244 valence electrons. The van der Waals surface area contributed by atoms with E-state index >= 15 is 9.59 Å². The van der Waals surface area contributed by atoms with E-state index in [9.17, 15) is 14.7 Å². The van der Waals surface area contributed by atoms with Crippen molar-refractivity contribution in [2.75, 3.05) is 0 Å². The summed E-state index contributed by atoms with van der Waals surface area (Å²) in [5.41, 5.74) is 0.771. The number of ketones is 2. The normalized spacial score (nSPS) is 22.7. The van der Waals surface area contributed by atoms with E-state index in [1.807, 2.05) is 103 Å². The van der Waals surface area contributed by atoms with Crippen LogP contribution in [0.5, 0.6) is 5.75 Å². The highest BCUT2D eigenvalue weighted by Gasteiger charge is 2.63. The lowest BCUT2D eigenvalue weighted by atomic mass is 9.47. The first-order chi connectivity index (χ1) is 24.4. The molecule has 1 saturated carbocycles. The minimum atomic E-state index is -1.46. The van der Waals surface area contributed by atoms with Gasteiger partial charge in [0.1, 0.15) is 5.75 Å². The monoisotopic (exact) mass is 657 g/mol. The molecule has 2 aliphatic carbocycles. The number of aromatic nitrogens is 3. The van der Waals surface area contributed by atoms with E-state index in [2.05, 4.69) is 0 Å². The average Bonchev–Trinajstić information content (AvgIpc) is 3.42. The zero-order chi connectivity index (χ0) is 34.1. The molecule has 1 aromatic heterocycles. The number of aromatic hydroxyl groups is 1. The van der Waals surface area contributed by atoms with Crippen molar-refractivity contribution in [1.29, 1.82) is 0 Å². The lowest BCUT2D eigenvalue weighted by molar-refractivity contribution is -0.133. The zero-order valence-electron chi connectivity index (χ0n) is 26.8. The summed E-state index contributed by atoms with van der Waals surface area (Å²) >= 11 is 0. The molecule has 4 atom stereocenters. The van der Waals surface area contributed by atoms with Gasteiger partial charge in [0, 0.05) is 23.0 Å². The Morgan fingerprint density at radius 1 is 0.700 bits per heavy atom. The number of benzene rings is 5. The minimum Gasteiger partial charge on any atom is -0.508 e. The molecule has 1 aliphatic heterocycles. The Kier molecular flexibility index (Phi) is 6.64. The number of hydrogen-bond acceptors (Lipinski definition) is 5. The summed E-state index contributed by atoms with van der Waals surface area (Å²) < 4.78 is 4.04. The quantitative estimate of drug-likeness (QED) is 0.230. The van der Waals surface area contributed by atoms with Crippen LogP contribution in [0.1, 0.15) is 35.1 Å². The van der Waals surface area contributed by atoms with Crippen molar-refractivity contribution >= 4 is 27.9 Å². The van der Waals surface area contributed by atoms with Gasteiger partial charge >= 0.3 is 11.4 Å². The highest BCUT2D eigenvalue weighted by molar-refractivity contribution is 6.31. The predicted molar refractivity (Wildman–Crippen MR) is 190 cm³/mol. The highest BCUT2D eigenvalue weighted by Crippen LogP contribution is 2.63. The Morgan fingerprint density at radius 3 is 2.10 bits per heavy atom. The summed E-state index contributed by atoms with van der Waals surface area (Å²) in [6, 6.07) is 37.6. The van der Waals surface area contributed by atoms with E-state index in [0.717, 1.165) is 15.3 Å². The highest BCUT2D eigenvalue weighted by atomic mass is 16.3. The molecule has 8 heteroatoms. The maximum atomic E-state index is 15.3. The molecule has 3 aliphatic rings. The maximum absolute atomic E-state index is 15.3. The fraction of sp³-hybridized carbons (Fsp3) is 0.143. The van der Waals surface area contributed by atoms with Crippen LogP contribution < -0.4 is 11.4 Å². The number of carbonyl (C=O) groups excluding carboxylic acids is 2. The van der Waals surface area contributed by atoms with Gasteiger partial charge in [-0.15, -0.1) is 0 Å². The summed E-state index contributed by atoms with van der Waals surface area (Å²) in [6.07, 6.45) is 3.49. The Labute approximate surface area is 286 Å². The molecule has 8 nitrogen and oxygen atoms in total. The van der Waals surface area contributed by atoms with Crippen LogP contribution in [0.3, 0.4) is 0 Å². The first-order valence-corrected chi connectivity index (χ1v) is 16.7. The van der Waals surface area contributed by atoms with Gasteiger partial charge < -0.3 is 5.11 Å². The Bertz CT molecular complexity index is 2540. The van der Waals surface area contributed by atoms with E-state index < -0.39 is 34.7 Å². The Hall–Kier alpha value is -6.28. The number of allylic oxidation sites excluding steroid dienone is 4. The Morgan fingerprint density at radius 2 is 1.36 bits per heavy atom. The van der Waals surface area contributed by atoms with E-state index in [0.29, 0.717) is 33.5 Å². The molecule has 5 aromatic carbocycles. The molecule has 0 saturated heterocycles. The minimum absolute atomic E-state index is 0.0143. The molecule has 0 bridgehead atoms. The third-order valence-corrected chi connectivity index (χ3v) is 10.9. The van der Waals surface area contributed by atoms with Crippen LogP contribution in [-0.2, 0) is 21.5 Å². The molecular weight excluding hydrogens is 626 g/mol. The van der Waals surface area contributed by atoms with Crippen LogP contribution >= 0.6 is 0 Å². The van der Waals surface area contributed by atoms with E-state index in [4.69, 9.17) is 0 Å². The van der Waals surface area contributed by atoms with Crippen molar-refractivity contribution in [3.05, 3.63) is 183 Å². The Balaban J connectivity index is 1.38. The second-order valence-electron chi connectivity index (χ2n) is 13.2. The van der Waals surface area contributed by atoms with Crippen LogP contribution in [0.25, 0.3) is 22.0 Å². The lowest BCUT2D eigenvalue weighted by Gasteiger charge is -2.54. The van der Waals surface area contributed by atoms with Gasteiger partial charge in [0.25, 0.3) is 0 Å². The smallest absolute Gasteiger partial charge is 0.352 e. The fourth-order valence-corrected chi connectivity index (χ4v) is 8.84. The van der Waals surface area contributed by atoms with Gasteiger partial charge in [-0.1, -0.05) is 115 Å². The number of phenolic OH excluding ortho intramolecular Hbond substituents is 1. The number of fused-ring (bicyclic) bond motifs is 5. The van der Waals surface area contributed by atoms with Gasteiger partial charge in [-0.3, -0.25) is 9.59 Å². The predicted octanol–water partition coefficient (Wildman–Crippen LogP) is 6.12. The van der Waals surface area contributed by atoms with Crippen LogP contribution in [0.2, 0.25) is 0 Å². The summed E-state index contributed by atoms with van der Waals surface area (Å²) in [5, 5.41) is 13.5. The third-order valence-electron chi connectivity index (χ3n) is 10.9. The molecular formula is C42H31N3O5. The molecule has 6 aromatic rings. The van der Waals surface area contributed by atoms with Crippen LogP contribution in [0, 0.1) is 5.92 Å². The first-order valence-electron chi connectivity index (χ1n) is 16.7. The van der Waals surface area contributed by atoms with Crippen LogP contribution in [0.15, 0.2) is 155 Å². The molecule has 0 amide bonds. The number of rotatable bonds is 4. The van der Waals surface area contributed by atoms with Gasteiger partial charge in [-0.25, -0.2) is 23.5 Å². The summed E-state index contributed by atoms with van der Waals surface area (Å²) in [5.74, 6) is -2.30. The van der Waals surface area contributed by atoms with Crippen LogP contribution in [-0.4, -0.2) is 30.6 Å². The van der Waals surface area contributed by atoms with Crippen molar-refractivity contribution in [3.8, 4) is 11.4 Å². The third kappa shape index (κ3) is 4.05. The molecule has 1 N–H and O–H groups in total. The van der Waals surface area contributed by atoms with Crippen molar-refractivity contribution in [2.45, 2.75) is 30.3 Å². The number of carbonyl (C=O) groups is 2. The van der Waals surface area contributed by atoms with Crippen molar-refractivity contribution in [1.82, 2.24) is 13.9 Å². The number of hydrogen-bond donors (Lipinski definition) is 1. The number of phenols is 1. The fourth-order valence-electron chi connectivity index (χ4n) is 8.84. The van der Waals surface area contributed by atoms with Gasteiger partial charge in [0.15, 0.2) is 11.6 Å². The molecule has 0 radical (unpaired) electrons. The summed E-state index contributed by atoms with van der Waals surface area (Å²) in [7, 11) is 0. The molecule has 2 heterocycles. The largest absolute Gasteiger partial charge is 0.508 e. The number of Topliss-reactive ketones (excluding diaryl/α,β-unsaturated/α-hetero) is 1. The first kappa shape index (κ1) is 29.8. The summed E-state index contributed by atoms with van der Waals surface area (Å²) in [6.45, 7) is 0.0740. The molecule has 0 spiro atoms. The van der Waals surface area contributed by atoms with E-state index in [1.54, 1.807) is 30.3 Å². The lowest BCUT2D eigenvalue weighted by Crippen LogP contribution is -2.58. The van der Waals surface area contributed by atoms with E-state index in [1.165, 1.54) is 15.4 Å². The zero-order valence-corrected chi connectivity index (χ0v) is 26.8. The van der Waals surface area contributed by atoms with Crippen molar-refractivity contribution < 1.29 is 14.7 Å². The number of para-hydroxylation sites is 1. The molecule has 50 heavy (non-hydrogen) atoms. The average molecular weight is 658 g/mol. The van der Waals surface area contributed by atoms with Gasteiger partial charge in [0.2, 0.25) is 0 Å². The van der Waals surface area contributed by atoms with Crippen molar-refractivity contribution in [3.63, 3.8) is 0 Å². The molecule has 1 fully saturated rings. The topological polar surface area (TPSA) is 103 Å². The molecule has 9 rings (SSSR count). The SMILES string of the molecule is O=C1C(c2ccccc2)=CC(=O)[C@@]2(c3ccccc3)[C@@H](c3c(O)ccc4ccccc34)C3=CCn4c(=O)n(-c5ccccc5)c(=O)n4[C@@H]3C[C@@H]12. The van der Waals surface area contributed by atoms with E-state index in [-0.39, 0.29) is 30.3 Å². The van der Waals surface area contributed by atoms with Crippen molar-refractivity contribution in [2.24, 2.45) is 5.92 Å². The maximum Gasteiger partial charge on any atom is 0.352 e. The summed E-state index contributed by atoms with van der Waals surface area (Å²) in [4.78, 5) is 58.7. The number of nitrogens with zero attached hydrogens (tertiary/aromatic N) is 3. The second kappa shape index (κ2) is 11.1. The molecule has 0 unspecified atom stereocenters. The second-order valence-corrected chi connectivity index (χ2v) is 13.2. The standard InChI is InChI=1S/C42H31N3O5/c46-35-21-20-27-14-10-11-19-30(27)37(35)38-31-22-23-43-40(49)44(29-17-8-3-9-18-29)41(50)45(43)34(31)25-33-39(48)32(26-12-4-1-5-13-26)24-36(47)42(33,38)28-15-6-2-7-16-28/h1-22,24,33-34,38,46H,23,25H2/t33-,34+,38+,42-/m0/s1. The van der Waals surface area contributed by atoms with Gasteiger partial charge in [-0.05, 0) is 58.2 Å².